The molecule has 0 unspecified atom stereocenters. The molecule has 4 aliphatic rings. The Morgan fingerprint density at radius 3 is 2.50 bits per heavy atom. The van der Waals surface area contributed by atoms with Crippen LogP contribution in [0.4, 0.5) is 5.69 Å². The van der Waals surface area contributed by atoms with Crippen LogP contribution >= 0.6 is 0 Å². The number of nitrogens with zero attached hydrogens (tertiary/aromatic N) is 5. The lowest BCUT2D eigenvalue weighted by Gasteiger charge is -2.51. The summed E-state index contributed by atoms with van der Waals surface area (Å²) in [6.07, 6.45) is 9.73. The topological polar surface area (TPSA) is 136 Å². The molecule has 38 heavy (non-hydrogen) atoms. The highest BCUT2D eigenvalue weighted by atomic mass is 16.3. The van der Waals surface area contributed by atoms with E-state index in [-0.39, 0.29) is 23.9 Å². The lowest BCUT2D eigenvalue weighted by atomic mass is 9.63. The lowest BCUT2D eigenvalue weighted by Crippen LogP contribution is -2.54. The Bertz CT molecular complexity index is 1430. The van der Waals surface area contributed by atoms with E-state index in [0.29, 0.717) is 22.5 Å². The van der Waals surface area contributed by atoms with Gasteiger partial charge in [-0.3, -0.25) is 14.6 Å². The summed E-state index contributed by atoms with van der Waals surface area (Å²) >= 11 is 0. The highest BCUT2D eigenvalue weighted by Gasteiger charge is 2.48. The maximum absolute atomic E-state index is 13.3. The van der Waals surface area contributed by atoms with Gasteiger partial charge in [0.1, 0.15) is 6.07 Å². The fraction of sp³-hybridized carbons (Fsp3) is 0.464. The molecule has 1 saturated heterocycles. The first-order valence-electron chi connectivity index (χ1n) is 13.3. The van der Waals surface area contributed by atoms with E-state index in [0.717, 1.165) is 75.7 Å². The summed E-state index contributed by atoms with van der Waals surface area (Å²) in [7, 11) is 0. The molecule has 196 valence electrons. The van der Waals surface area contributed by atoms with Gasteiger partial charge in [-0.25, -0.2) is 4.52 Å². The van der Waals surface area contributed by atoms with Crippen molar-refractivity contribution < 1.29 is 14.7 Å². The van der Waals surface area contributed by atoms with Gasteiger partial charge in [-0.05, 0) is 75.6 Å². The number of aromatic nitrogens is 3. The molecule has 10 nitrogen and oxygen atoms in total. The predicted octanol–water partition coefficient (Wildman–Crippen LogP) is 2.87. The molecule has 3 aromatic heterocycles. The highest BCUT2D eigenvalue weighted by molar-refractivity contribution is 6.01. The van der Waals surface area contributed by atoms with E-state index in [1.54, 1.807) is 21.7 Å². The van der Waals surface area contributed by atoms with Crippen LogP contribution in [0.15, 0.2) is 36.7 Å². The molecule has 0 spiro atoms. The first kappa shape index (κ1) is 24.4. The monoisotopic (exact) mass is 513 g/mol. The van der Waals surface area contributed by atoms with E-state index in [1.165, 1.54) is 6.20 Å². The Morgan fingerprint density at radius 1 is 1.05 bits per heavy atom. The van der Waals surface area contributed by atoms with Crippen LogP contribution in [-0.2, 0) is 4.79 Å². The zero-order valence-corrected chi connectivity index (χ0v) is 21.2. The molecule has 0 radical (unpaired) electrons. The average Bonchev–Trinajstić information content (AvgIpc) is 3.63. The van der Waals surface area contributed by atoms with E-state index in [9.17, 15) is 20.0 Å². The van der Waals surface area contributed by atoms with E-state index >= 15 is 0 Å². The van der Waals surface area contributed by atoms with Crippen LogP contribution < -0.4 is 10.6 Å². The third-order valence-corrected chi connectivity index (χ3v) is 8.51. The Morgan fingerprint density at radius 2 is 1.79 bits per heavy atom. The van der Waals surface area contributed by atoms with Crippen LogP contribution in [0, 0.1) is 11.3 Å². The quantitative estimate of drug-likeness (QED) is 0.461. The minimum atomic E-state index is -0.568. The second-order valence-electron chi connectivity index (χ2n) is 10.9. The number of amides is 2. The molecular weight excluding hydrogens is 482 g/mol. The Hall–Kier alpha value is -3.97. The van der Waals surface area contributed by atoms with Gasteiger partial charge < -0.3 is 20.6 Å². The number of pyridine rings is 1. The number of likely N-dealkylation sites (tertiary alicyclic amines) is 1. The number of aliphatic hydroxyl groups is 1. The summed E-state index contributed by atoms with van der Waals surface area (Å²) in [5.74, 6) is -0.426. The lowest BCUT2D eigenvalue weighted by molar-refractivity contribution is -0.129. The van der Waals surface area contributed by atoms with Gasteiger partial charge in [-0.15, -0.1) is 0 Å². The van der Waals surface area contributed by atoms with Crippen LogP contribution in [-0.4, -0.2) is 67.2 Å². The maximum Gasteiger partial charge on any atom is 0.255 e. The number of anilines is 1. The fourth-order valence-electron chi connectivity index (χ4n) is 6.10. The van der Waals surface area contributed by atoms with E-state index in [1.807, 2.05) is 18.2 Å². The minimum Gasteiger partial charge on any atom is -0.390 e. The molecule has 3 N–H and O–H groups in total. The highest BCUT2D eigenvalue weighted by Crippen LogP contribution is 2.48. The third kappa shape index (κ3) is 4.47. The van der Waals surface area contributed by atoms with Gasteiger partial charge in [0.25, 0.3) is 5.91 Å². The number of carbonyl (C=O) groups is 2. The molecule has 0 atom stereocenters. The largest absolute Gasteiger partial charge is 0.390 e. The second kappa shape index (κ2) is 9.40. The van der Waals surface area contributed by atoms with Crippen molar-refractivity contribution in [2.45, 2.75) is 62.5 Å². The second-order valence-corrected chi connectivity index (χ2v) is 10.9. The molecular formula is C28H31N7O3. The minimum absolute atomic E-state index is 0.0489. The van der Waals surface area contributed by atoms with Crippen molar-refractivity contribution in [3.63, 3.8) is 0 Å². The molecule has 3 aromatic rings. The van der Waals surface area contributed by atoms with E-state index in [2.05, 4.69) is 26.8 Å². The van der Waals surface area contributed by atoms with Crippen LogP contribution in [0.2, 0.25) is 0 Å². The van der Waals surface area contributed by atoms with Crippen LogP contribution in [0.5, 0.6) is 0 Å². The standard InChI is InChI=1S/C28H31N7O3/c29-15-19-13-20-3-4-24(35(20)32-16-19)23-14-22(33-27-5-8-28(38,9-6-27)10-7-27)21(17-30-23)26(37)31-18-25(36)34-11-1-2-12-34/h3-4,13-14,16-17,38H,1-2,5-12,18H2,(H,30,33)(H,31,37). The number of fused-ring (bicyclic) bond motifs is 4. The molecule has 7 rings (SSSR count). The zero-order valence-electron chi connectivity index (χ0n) is 21.2. The Balaban J connectivity index is 1.31. The molecule has 3 saturated carbocycles. The number of rotatable bonds is 6. The summed E-state index contributed by atoms with van der Waals surface area (Å²) in [4.78, 5) is 32.2. The molecule has 3 aliphatic carbocycles. The number of hydrogen-bond donors (Lipinski definition) is 3. The van der Waals surface area contributed by atoms with Gasteiger partial charge in [-0.1, -0.05) is 0 Å². The van der Waals surface area contributed by atoms with Crippen molar-refractivity contribution in [3.8, 4) is 17.5 Å². The summed E-state index contributed by atoms with van der Waals surface area (Å²) in [5, 5.41) is 30.8. The average molecular weight is 514 g/mol. The van der Waals surface area contributed by atoms with Gasteiger partial charge in [0.05, 0.1) is 52.1 Å². The smallest absolute Gasteiger partial charge is 0.255 e. The Labute approximate surface area is 220 Å². The summed E-state index contributed by atoms with van der Waals surface area (Å²) in [6.45, 7) is 1.43. The van der Waals surface area contributed by atoms with Crippen LogP contribution in [0.3, 0.4) is 0 Å². The molecule has 4 fully saturated rings. The first-order valence-corrected chi connectivity index (χ1v) is 13.3. The van der Waals surface area contributed by atoms with Gasteiger partial charge >= 0.3 is 0 Å². The van der Waals surface area contributed by atoms with Crippen LogP contribution in [0.25, 0.3) is 16.9 Å². The molecule has 0 aromatic carbocycles. The summed E-state index contributed by atoms with van der Waals surface area (Å²) in [6, 6.07) is 9.51. The zero-order chi connectivity index (χ0) is 26.3. The van der Waals surface area contributed by atoms with Crippen molar-refractivity contribution in [3.05, 3.63) is 47.8 Å². The number of carbonyl (C=O) groups excluding carboxylic acids is 2. The first-order chi connectivity index (χ1) is 18.4. The summed E-state index contributed by atoms with van der Waals surface area (Å²) < 4.78 is 1.72. The van der Waals surface area contributed by atoms with Gasteiger partial charge in [0, 0.05) is 24.8 Å². The molecule has 1 aliphatic heterocycles. The number of hydrogen-bond acceptors (Lipinski definition) is 7. The Kier molecular flexibility index (Phi) is 6.03. The van der Waals surface area contributed by atoms with Crippen molar-refractivity contribution in [2.75, 3.05) is 25.0 Å². The van der Waals surface area contributed by atoms with Crippen molar-refractivity contribution in [2.24, 2.45) is 0 Å². The van der Waals surface area contributed by atoms with Crippen LogP contribution in [0.1, 0.15) is 67.3 Å². The van der Waals surface area contributed by atoms with Crippen molar-refractivity contribution >= 4 is 23.0 Å². The SMILES string of the molecule is N#Cc1cnn2c(-c3cc(NC45CCC(O)(CC4)CC5)c(C(=O)NCC(=O)N4CCCC4)cn3)ccc2c1. The number of nitrogens with one attached hydrogen (secondary N) is 2. The molecule has 4 heterocycles. The van der Waals surface area contributed by atoms with Gasteiger partial charge in [-0.2, -0.15) is 10.4 Å². The van der Waals surface area contributed by atoms with Gasteiger partial charge in [0.2, 0.25) is 5.91 Å². The predicted molar refractivity (Wildman–Crippen MR) is 140 cm³/mol. The summed E-state index contributed by atoms with van der Waals surface area (Å²) in [5.41, 5.74) is 2.88. The van der Waals surface area contributed by atoms with E-state index < -0.39 is 5.60 Å². The third-order valence-electron chi connectivity index (χ3n) is 8.51. The van der Waals surface area contributed by atoms with Crippen molar-refractivity contribution in [1.82, 2.24) is 24.8 Å². The normalized spacial score (nSPS) is 24.4. The molecule has 10 heteroatoms. The fourth-order valence-corrected chi connectivity index (χ4v) is 6.10. The van der Waals surface area contributed by atoms with Crippen molar-refractivity contribution in [1.29, 1.82) is 5.26 Å². The van der Waals surface area contributed by atoms with Gasteiger partial charge in [0.15, 0.2) is 0 Å². The molecule has 2 bridgehead atoms. The molecule has 2 amide bonds. The number of nitriles is 1. The van der Waals surface area contributed by atoms with E-state index in [4.69, 9.17) is 0 Å². The maximum atomic E-state index is 13.3.